The Morgan fingerprint density at radius 3 is 2.65 bits per heavy atom. The minimum atomic E-state index is 0.498. The summed E-state index contributed by atoms with van der Waals surface area (Å²) in [6, 6.07) is 8.94. The monoisotopic (exact) mass is 233 g/mol. The highest BCUT2D eigenvalue weighted by Crippen LogP contribution is 2.27. The lowest BCUT2D eigenvalue weighted by Gasteiger charge is -2.35. The number of benzene rings is 1. The van der Waals surface area contributed by atoms with Crippen molar-refractivity contribution in [1.29, 1.82) is 0 Å². The lowest BCUT2D eigenvalue weighted by atomic mass is 9.96. The molecular weight excluding hydrogens is 210 g/mol. The van der Waals surface area contributed by atoms with Gasteiger partial charge in [0, 0.05) is 6.04 Å². The Hall–Kier alpha value is -1.02. The lowest BCUT2D eigenvalue weighted by molar-refractivity contribution is 0.147. The molecule has 1 aromatic rings. The van der Waals surface area contributed by atoms with E-state index in [4.69, 9.17) is 4.74 Å². The largest absolute Gasteiger partial charge is 0.497 e. The molecule has 0 bridgehead atoms. The van der Waals surface area contributed by atoms with Crippen LogP contribution in [0, 0.1) is 5.92 Å². The van der Waals surface area contributed by atoms with Crippen molar-refractivity contribution in [2.24, 2.45) is 5.92 Å². The number of hydrogen-bond acceptors (Lipinski definition) is 2. The predicted molar refractivity (Wildman–Crippen MR) is 71.4 cm³/mol. The van der Waals surface area contributed by atoms with Crippen LogP contribution in [0.15, 0.2) is 24.3 Å². The van der Waals surface area contributed by atoms with Crippen LogP contribution < -0.4 is 4.74 Å². The van der Waals surface area contributed by atoms with E-state index in [1.807, 2.05) is 6.07 Å². The van der Waals surface area contributed by atoms with Gasteiger partial charge in [-0.1, -0.05) is 19.1 Å². The second-order valence-electron chi connectivity index (χ2n) is 5.17. The van der Waals surface area contributed by atoms with Gasteiger partial charge in [-0.2, -0.15) is 0 Å². The van der Waals surface area contributed by atoms with Gasteiger partial charge in [0.25, 0.3) is 0 Å². The molecule has 1 heterocycles. The van der Waals surface area contributed by atoms with Crippen LogP contribution in [0.1, 0.15) is 38.3 Å². The molecule has 0 radical (unpaired) electrons. The average molecular weight is 233 g/mol. The van der Waals surface area contributed by atoms with E-state index < -0.39 is 0 Å². The number of likely N-dealkylation sites (tertiary alicyclic amines) is 1. The van der Waals surface area contributed by atoms with Gasteiger partial charge >= 0.3 is 0 Å². The molecule has 1 aromatic carbocycles. The fraction of sp³-hybridized carbons (Fsp3) is 0.600. The van der Waals surface area contributed by atoms with Crippen molar-refractivity contribution in [2.45, 2.75) is 32.7 Å². The van der Waals surface area contributed by atoms with Crippen LogP contribution in [0.2, 0.25) is 0 Å². The molecule has 0 aromatic heterocycles. The average Bonchev–Trinajstić information content (AvgIpc) is 2.39. The maximum atomic E-state index is 5.29. The molecular formula is C15H23NO. The number of hydrogen-bond donors (Lipinski definition) is 0. The SMILES string of the molecule is COc1cccc(C(C)N2CCC(C)CC2)c1. The topological polar surface area (TPSA) is 12.5 Å². The number of nitrogens with zero attached hydrogens (tertiary/aromatic N) is 1. The molecule has 1 atom stereocenters. The van der Waals surface area contributed by atoms with Crippen molar-refractivity contribution in [3.8, 4) is 5.75 Å². The zero-order valence-corrected chi connectivity index (χ0v) is 11.1. The number of ether oxygens (including phenoxy) is 1. The van der Waals surface area contributed by atoms with E-state index in [2.05, 4.69) is 36.9 Å². The summed E-state index contributed by atoms with van der Waals surface area (Å²) < 4.78 is 5.29. The molecule has 0 amide bonds. The fourth-order valence-electron chi connectivity index (χ4n) is 2.53. The molecule has 0 saturated carbocycles. The van der Waals surface area contributed by atoms with Gasteiger partial charge in [-0.05, 0) is 56.5 Å². The summed E-state index contributed by atoms with van der Waals surface area (Å²) in [5.74, 6) is 1.85. The van der Waals surface area contributed by atoms with Crippen LogP contribution in [-0.2, 0) is 0 Å². The summed E-state index contributed by atoms with van der Waals surface area (Å²) in [5.41, 5.74) is 1.36. The maximum Gasteiger partial charge on any atom is 0.119 e. The molecule has 2 nitrogen and oxygen atoms in total. The summed E-state index contributed by atoms with van der Waals surface area (Å²) in [4.78, 5) is 2.58. The van der Waals surface area contributed by atoms with Crippen molar-refractivity contribution < 1.29 is 4.74 Å². The summed E-state index contributed by atoms with van der Waals surface area (Å²) in [6.45, 7) is 7.09. The van der Waals surface area contributed by atoms with Crippen LogP contribution in [0.4, 0.5) is 0 Å². The molecule has 17 heavy (non-hydrogen) atoms. The van der Waals surface area contributed by atoms with E-state index in [1.54, 1.807) is 7.11 Å². The van der Waals surface area contributed by atoms with Crippen molar-refractivity contribution in [2.75, 3.05) is 20.2 Å². The zero-order valence-electron chi connectivity index (χ0n) is 11.1. The summed E-state index contributed by atoms with van der Waals surface area (Å²) in [7, 11) is 1.73. The molecule has 0 aliphatic carbocycles. The second kappa shape index (κ2) is 5.54. The molecule has 1 fully saturated rings. The number of methoxy groups -OCH3 is 1. The normalized spacial score (nSPS) is 20.2. The Bertz CT molecular complexity index is 356. The van der Waals surface area contributed by atoms with Crippen molar-refractivity contribution in [3.63, 3.8) is 0 Å². The molecule has 0 spiro atoms. The molecule has 1 saturated heterocycles. The molecule has 1 aliphatic rings. The quantitative estimate of drug-likeness (QED) is 0.792. The first kappa shape index (κ1) is 12.4. The van der Waals surface area contributed by atoms with Crippen LogP contribution >= 0.6 is 0 Å². The number of piperidine rings is 1. The third-order valence-electron chi connectivity index (χ3n) is 3.94. The standard InChI is InChI=1S/C15H23NO/c1-12-7-9-16(10-8-12)13(2)14-5-4-6-15(11-14)17-3/h4-6,11-13H,7-10H2,1-3H3. The van der Waals surface area contributed by atoms with E-state index >= 15 is 0 Å². The first-order valence-corrected chi connectivity index (χ1v) is 6.58. The minimum absolute atomic E-state index is 0.498. The zero-order chi connectivity index (χ0) is 12.3. The van der Waals surface area contributed by atoms with E-state index in [0.29, 0.717) is 6.04 Å². The van der Waals surface area contributed by atoms with E-state index in [0.717, 1.165) is 11.7 Å². The van der Waals surface area contributed by atoms with Crippen molar-refractivity contribution in [1.82, 2.24) is 4.90 Å². The summed E-state index contributed by atoms with van der Waals surface area (Å²) in [6.07, 6.45) is 2.66. The second-order valence-corrected chi connectivity index (χ2v) is 5.17. The lowest BCUT2D eigenvalue weighted by Crippen LogP contribution is -2.34. The summed E-state index contributed by atoms with van der Waals surface area (Å²) >= 11 is 0. The van der Waals surface area contributed by atoms with Crippen LogP contribution in [0.3, 0.4) is 0 Å². The van der Waals surface area contributed by atoms with E-state index in [9.17, 15) is 0 Å². The van der Waals surface area contributed by atoms with Gasteiger partial charge in [0.15, 0.2) is 0 Å². The van der Waals surface area contributed by atoms with Crippen LogP contribution in [-0.4, -0.2) is 25.1 Å². The van der Waals surface area contributed by atoms with E-state index in [1.165, 1.54) is 31.5 Å². The molecule has 0 N–H and O–H groups in total. The Morgan fingerprint density at radius 1 is 1.29 bits per heavy atom. The minimum Gasteiger partial charge on any atom is -0.497 e. The highest BCUT2D eigenvalue weighted by molar-refractivity contribution is 5.30. The predicted octanol–water partition coefficient (Wildman–Crippen LogP) is 3.49. The van der Waals surface area contributed by atoms with Gasteiger partial charge in [-0.15, -0.1) is 0 Å². The molecule has 2 rings (SSSR count). The van der Waals surface area contributed by atoms with Crippen molar-refractivity contribution >= 4 is 0 Å². The smallest absolute Gasteiger partial charge is 0.119 e. The van der Waals surface area contributed by atoms with Crippen LogP contribution in [0.25, 0.3) is 0 Å². The first-order chi connectivity index (χ1) is 8.20. The van der Waals surface area contributed by atoms with E-state index in [-0.39, 0.29) is 0 Å². The van der Waals surface area contributed by atoms with Gasteiger partial charge in [-0.25, -0.2) is 0 Å². The summed E-state index contributed by atoms with van der Waals surface area (Å²) in [5, 5.41) is 0. The third kappa shape index (κ3) is 3.01. The Kier molecular flexibility index (Phi) is 4.06. The van der Waals surface area contributed by atoms with Gasteiger partial charge in [-0.3, -0.25) is 4.90 Å². The fourth-order valence-corrected chi connectivity index (χ4v) is 2.53. The highest BCUT2D eigenvalue weighted by atomic mass is 16.5. The van der Waals surface area contributed by atoms with Gasteiger partial charge in [0.05, 0.1) is 7.11 Å². The third-order valence-corrected chi connectivity index (χ3v) is 3.94. The van der Waals surface area contributed by atoms with Gasteiger partial charge in [0.2, 0.25) is 0 Å². The molecule has 94 valence electrons. The first-order valence-electron chi connectivity index (χ1n) is 6.58. The Morgan fingerprint density at radius 2 is 2.00 bits per heavy atom. The molecule has 1 unspecified atom stereocenters. The van der Waals surface area contributed by atoms with Gasteiger partial charge in [0.1, 0.15) is 5.75 Å². The number of rotatable bonds is 3. The highest BCUT2D eigenvalue weighted by Gasteiger charge is 2.21. The Balaban J connectivity index is 2.05. The molecule has 1 aliphatic heterocycles. The molecule has 2 heteroatoms. The van der Waals surface area contributed by atoms with Gasteiger partial charge < -0.3 is 4.74 Å². The maximum absolute atomic E-state index is 5.29. The van der Waals surface area contributed by atoms with Crippen molar-refractivity contribution in [3.05, 3.63) is 29.8 Å². The Labute approximate surface area is 105 Å². The van der Waals surface area contributed by atoms with Crippen LogP contribution in [0.5, 0.6) is 5.75 Å².